The number of benzene rings is 1. The van der Waals surface area contributed by atoms with Gasteiger partial charge in [-0.3, -0.25) is 4.79 Å². The van der Waals surface area contributed by atoms with Crippen LogP contribution < -0.4 is 10.6 Å². The van der Waals surface area contributed by atoms with Gasteiger partial charge in [-0.25, -0.2) is 4.79 Å². The van der Waals surface area contributed by atoms with Crippen molar-refractivity contribution in [1.82, 2.24) is 5.32 Å². The van der Waals surface area contributed by atoms with E-state index in [0.29, 0.717) is 0 Å². The number of hydrogen-bond donors (Lipinski definition) is 3. The van der Waals surface area contributed by atoms with Gasteiger partial charge < -0.3 is 15.7 Å². The van der Waals surface area contributed by atoms with E-state index in [1.54, 1.807) is 0 Å². The Balaban J connectivity index is 2.80. The number of carbonyl (C=O) groups is 2. The molecule has 2 amide bonds. The smallest absolute Gasteiger partial charge is 0.325 e. The number of amides is 2. The van der Waals surface area contributed by atoms with E-state index in [1.165, 1.54) is 6.92 Å². The molecule has 1 aromatic carbocycles. The fourth-order valence-electron chi connectivity index (χ4n) is 1.79. The lowest BCUT2D eigenvalue weighted by Crippen LogP contribution is -2.41. The Kier molecular flexibility index (Phi) is 4.31. The summed E-state index contributed by atoms with van der Waals surface area (Å²) in [5, 5.41) is 13.7. The number of nitrogens with one attached hydrogen (secondary N) is 2. The number of carboxylic acid groups (broad SMARTS) is 1. The molecule has 98 valence electrons. The predicted octanol–water partition coefficient (Wildman–Crippen LogP) is 2.21. The summed E-state index contributed by atoms with van der Waals surface area (Å²) in [7, 11) is 0. The number of rotatable bonds is 3. The first kappa shape index (κ1) is 14.0. The first-order chi connectivity index (χ1) is 8.31. The van der Waals surface area contributed by atoms with E-state index < -0.39 is 18.0 Å². The third kappa shape index (κ3) is 3.48. The first-order valence-corrected chi connectivity index (χ1v) is 5.69. The van der Waals surface area contributed by atoms with Crippen LogP contribution in [0.4, 0.5) is 10.5 Å². The molecule has 1 rings (SSSR count). The maximum Gasteiger partial charge on any atom is 0.325 e. The third-order valence-electron chi connectivity index (χ3n) is 2.63. The van der Waals surface area contributed by atoms with Crippen molar-refractivity contribution in [2.45, 2.75) is 33.7 Å². The van der Waals surface area contributed by atoms with Crippen LogP contribution in [0.25, 0.3) is 0 Å². The molecule has 0 aliphatic heterocycles. The molecule has 0 aromatic heterocycles. The van der Waals surface area contributed by atoms with Crippen LogP contribution in [-0.4, -0.2) is 23.1 Å². The molecular formula is C13H18N2O3. The molecule has 3 N–H and O–H groups in total. The molecule has 18 heavy (non-hydrogen) atoms. The molecule has 0 radical (unpaired) electrons. The van der Waals surface area contributed by atoms with E-state index in [0.717, 1.165) is 22.4 Å². The number of hydrogen-bond acceptors (Lipinski definition) is 2. The fourth-order valence-corrected chi connectivity index (χ4v) is 1.79. The monoisotopic (exact) mass is 250 g/mol. The Bertz CT molecular complexity index is 460. The molecule has 0 heterocycles. The van der Waals surface area contributed by atoms with Crippen molar-refractivity contribution < 1.29 is 14.7 Å². The van der Waals surface area contributed by atoms with E-state index in [-0.39, 0.29) is 0 Å². The minimum absolute atomic E-state index is 0.514. The molecule has 0 aliphatic rings. The van der Waals surface area contributed by atoms with E-state index in [4.69, 9.17) is 5.11 Å². The second-order valence-electron chi connectivity index (χ2n) is 4.43. The third-order valence-corrected chi connectivity index (χ3v) is 2.63. The fraction of sp³-hybridized carbons (Fsp3) is 0.385. The predicted molar refractivity (Wildman–Crippen MR) is 69.9 cm³/mol. The van der Waals surface area contributed by atoms with Crippen molar-refractivity contribution in [1.29, 1.82) is 0 Å². The van der Waals surface area contributed by atoms with Gasteiger partial charge in [-0.05, 0) is 38.8 Å². The van der Waals surface area contributed by atoms with Crippen LogP contribution in [0.15, 0.2) is 12.1 Å². The van der Waals surface area contributed by atoms with E-state index in [2.05, 4.69) is 10.6 Å². The molecule has 5 heteroatoms. The SMILES string of the molecule is Cc1cc(C)c(NC(=O)N[C@@H](C)C(=O)O)c(C)c1. The molecule has 1 atom stereocenters. The van der Waals surface area contributed by atoms with Crippen LogP contribution in [0.2, 0.25) is 0 Å². The van der Waals surface area contributed by atoms with Gasteiger partial charge in [0.1, 0.15) is 6.04 Å². The van der Waals surface area contributed by atoms with Gasteiger partial charge in [-0.1, -0.05) is 17.7 Å². The number of carbonyl (C=O) groups excluding carboxylic acids is 1. The van der Waals surface area contributed by atoms with Crippen molar-refractivity contribution >= 4 is 17.7 Å². The summed E-state index contributed by atoms with van der Waals surface area (Å²) in [6.07, 6.45) is 0. The lowest BCUT2D eigenvalue weighted by atomic mass is 10.1. The summed E-state index contributed by atoms with van der Waals surface area (Å²) in [6, 6.07) is 2.49. The second-order valence-corrected chi connectivity index (χ2v) is 4.43. The van der Waals surface area contributed by atoms with Gasteiger partial charge in [0.05, 0.1) is 0 Å². The maximum atomic E-state index is 11.6. The zero-order chi connectivity index (χ0) is 13.9. The van der Waals surface area contributed by atoms with Gasteiger partial charge in [0.15, 0.2) is 0 Å². The molecule has 0 fully saturated rings. The van der Waals surface area contributed by atoms with Gasteiger partial charge in [0.2, 0.25) is 0 Å². The van der Waals surface area contributed by atoms with Crippen LogP contribution in [0, 0.1) is 20.8 Å². The molecule has 0 spiro atoms. The van der Waals surface area contributed by atoms with E-state index in [1.807, 2.05) is 32.9 Å². The quantitative estimate of drug-likeness (QED) is 0.769. The Morgan fingerprint density at radius 2 is 1.67 bits per heavy atom. The van der Waals surface area contributed by atoms with Gasteiger partial charge in [0, 0.05) is 5.69 Å². The molecule has 0 unspecified atom stereocenters. The van der Waals surface area contributed by atoms with E-state index in [9.17, 15) is 9.59 Å². The highest BCUT2D eigenvalue weighted by atomic mass is 16.4. The first-order valence-electron chi connectivity index (χ1n) is 5.69. The normalized spacial score (nSPS) is 11.8. The molecule has 5 nitrogen and oxygen atoms in total. The second kappa shape index (κ2) is 5.53. The highest BCUT2D eigenvalue weighted by Gasteiger charge is 2.15. The minimum atomic E-state index is -1.07. The Morgan fingerprint density at radius 1 is 1.17 bits per heavy atom. The summed E-state index contributed by atoms with van der Waals surface area (Å²) in [4.78, 5) is 22.3. The maximum absolute atomic E-state index is 11.6. The molecule has 0 aliphatic carbocycles. The number of aliphatic carboxylic acids is 1. The summed E-state index contributed by atoms with van der Waals surface area (Å²) in [5.74, 6) is -1.07. The van der Waals surface area contributed by atoms with Crippen molar-refractivity contribution in [3.05, 3.63) is 28.8 Å². The van der Waals surface area contributed by atoms with Crippen LogP contribution in [-0.2, 0) is 4.79 Å². The Labute approximate surface area is 106 Å². The van der Waals surface area contributed by atoms with Crippen molar-refractivity contribution in [2.75, 3.05) is 5.32 Å². The average molecular weight is 250 g/mol. The van der Waals surface area contributed by atoms with Crippen LogP contribution >= 0.6 is 0 Å². The topological polar surface area (TPSA) is 78.4 Å². The van der Waals surface area contributed by atoms with Gasteiger partial charge in [-0.2, -0.15) is 0 Å². The zero-order valence-corrected chi connectivity index (χ0v) is 11.0. The summed E-state index contributed by atoms with van der Waals surface area (Å²) in [5.41, 5.74) is 3.74. The molecule has 0 saturated carbocycles. The average Bonchev–Trinajstić information content (AvgIpc) is 2.23. The molecular weight excluding hydrogens is 232 g/mol. The van der Waals surface area contributed by atoms with Gasteiger partial charge in [-0.15, -0.1) is 0 Å². The number of anilines is 1. The lowest BCUT2D eigenvalue weighted by Gasteiger charge is -2.15. The van der Waals surface area contributed by atoms with Crippen molar-refractivity contribution in [3.8, 4) is 0 Å². The van der Waals surface area contributed by atoms with Crippen molar-refractivity contribution in [3.63, 3.8) is 0 Å². The summed E-state index contributed by atoms with van der Waals surface area (Å²) < 4.78 is 0. The van der Waals surface area contributed by atoms with Crippen LogP contribution in [0.1, 0.15) is 23.6 Å². The Morgan fingerprint density at radius 3 is 2.11 bits per heavy atom. The van der Waals surface area contributed by atoms with Gasteiger partial charge >= 0.3 is 12.0 Å². The molecule has 0 saturated heterocycles. The van der Waals surface area contributed by atoms with Crippen molar-refractivity contribution in [2.24, 2.45) is 0 Å². The Hall–Kier alpha value is -2.04. The lowest BCUT2D eigenvalue weighted by molar-refractivity contribution is -0.138. The number of urea groups is 1. The summed E-state index contributed by atoms with van der Waals surface area (Å²) in [6.45, 7) is 7.19. The van der Waals surface area contributed by atoms with E-state index >= 15 is 0 Å². The highest BCUT2D eigenvalue weighted by Crippen LogP contribution is 2.21. The highest BCUT2D eigenvalue weighted by molar-refractivity contribution is 5.93. The number of aryl methyl sites for hydroxylation is 3. The standard InChI is InChI=1S/C13H18N2O3/c1-7-5-8(2)11(9(3)6-7)15-13(18)14-10(4)12(16)17/h5-6,10H,1-4H3,(H,16,17)(H2,14,15,18)/t10-/m0/s1. The molecule has 1 aromatic rings. The summed E-state index contributed by atoms with van der Waals surface area (Å²) >= 11 is 0. The van der Waals surface area contributed by atoms with Gasteiger partial charge in [0.25, 0.3) is 0 Å². The number of carboxylic acids is 1. The molecule has 0 bridgehead atoms. The van der Waals surface area contributed by atoms with Crippen LogP contribution in [0.3, 0.4) is 0 Å². The zero-order valence-electron chi connectivity index (χ0n) is 11.0. The van der Waals surface area contributed by atoms with Crippen LogP contribution in [0.5, 0.6) is 0 Å². The largest absolute Gasteiger partial charge is 0.480 e. The minimum Gasteiger partial charge on any atom is -0.480 e.